The smallest absolute Gasteiger partial charge is 0.154 e. The maximum absolute atomic E-state index is 11.5. The SMILES string of the molecule is COc1ccccc1[C@H](C)NC1CS(=O)(=O)CC1O. The molecule has 1 saturated heterocycles. The van der Waals surface area contributed by atoms with Crippen molar-refractivity contribution in [3.8, 4) is 5.75 Å². The van der Waals surface area contributed by atoms with Gasteiger partial charge in [-0.25, -0.2) is 8.42 Å². The van der Waals surface area contributed by atoms with E-state index in [1.165, 1.54) is 0 Å². The summed E-state index contributed by atoms with van der Waals surface area (Å²) in [5.41, 5.74) is 0.946. The molecule has 2 N–H and O–H groups in total. The molecule has 1 aromatic rings. The van der Waals surface area contributed by atoms with Crippen molar-refractivity contribution in [1.82, 2.24) is 5.32 Å². The van der Waals surface area contributed by atoms with Gasteiger partial charge in [0.15, 0.2) is 9.84 Å². The van der Waals surface area contributed by atoms with Crippen molar-refractivity contribution in [1.29, 1.82) is 0 Å². The quantitative estimate of drug-likeness (QED) is 0.843. The summed E-state index contributed by atoms with van der Waals surface area (Å²) in [6.07, 6.45) is -0.845. The molecule has 5 nitrogen and oxygen atoms in total. The monoisotopic (exact) mass is 285 g/mol. The molecule has 1 heterocycles. The third-order valence-electron chi connectivity index (χ3n) is 3.39. The summed E-state index contributed by atoms with van der Waals surface area (Å²) in [7, 11) is -1.53. The van der Waals surface area contributed by atoms with Gasteiger partial charge in [0.2, 0.25) is 0 Å². The lowest BCUT2D eigenvalue weighted by molar-refractivity contribution is 0.160. The van der Waals surface area contributed by atoms with Crippen LogP contribution in [-0.4, -0.2) is 44.3 Å². The Bertz CT molecular complexity index is 543. The third kappa shape index (κ3) is 3.26. The summed E-state index contributed by atoms with van der Waals surface area (Å²) in [6, 6.07) is 7.04. The van der Waals surface area contributed by atoms with E-state index < -0.39 is 22.0 Å². The lowest BCUT2D eigenvalue weighted by Crippen LogP contribution is -2.40. The molecule has 1 fully saturated rings. The lowest BCUT2D eigenvalue weighted by Gasteiger charge is -2.22. The Morgan fingerprint density at radius 1 is 1.37 bits per heavy atom. The highest BCUT2D eigenvalue weighted by atomic mass is 32.2. The summed E-state index contributed by atoms with van der Waals surface area (Å²) < 4.78 is 28.2. The number of nitrogens with one attached hydrogen (secondary N) is 1. The van der Waals surface area contributed by atoms with Crippen molar-refractivity contribution in [2.45, 2.75) is 25.1 Å². The highest BCUT2D eigenvalue weighted by Crippen LogP contribution is 2.26. The molecule has 0 aliphatic carbocycles. The first kappa shape index (κ1) is 14.3. The number of hydrogen-bond donors (Lipinski definition) is 2. The number of hydrogen-bond acceptors (Lipinski definition) is 5. The predicted molar refractivity (Wildman–Crippen MR) is 73.0 cm³/mol. The zero-order valence-electron chi connectivity index (χ0n) is 11.0. The largest absolute Gasteiger partial charge is 0.496 e. The van der Waals surface area contributed by atoms with Crippen LogP contribution < -0.4 is 10.1 Å². The van der Waals surface area contributed by atoms with Crippen molar-refractivity contribution >= 4 is 9.84 Å². The maximum Gasteiger partial charge on any atom is 0.154 e. The van der Waals surface area contributed by atoms with Gasteiger partial charge in [0, 0.05) is 17.6 Å². The van der Waals surface area contributed by atoms with E-state index in [-0.39, 0.29) is 17.5 Å². The van der Waals surface area contributed by atoms with Crippen LogP contribution in [0.3, 0.4) is 0 Å². The fourth-order valence-corrected chi connectivity index (χ4v) is 4.18. The van der Waals surface area contributed by atoms with Crippen LogP contribution >= 0.6 is 0 Å². The number of sulfone groups is 1. The van der Waals surface area contributed by atoms with Crippen molar-refractivity contribution in [3.05, 3.63) is 29.8 Å². The first-order valence-corrected chi connectivity index (χ1v) is 8.02. The van der Waals surface area contributed by atoms with Crippen LogP contribution in [0.15, 0.2) is 24.3 Å². The number of ether oxygens (including phenoxy) is 1. The van der Waals surface area contributed by atoms with Gasteiger partial charge in [0.1, 0.15) is 5.75 Å². The molecule has 0 bridgehead atoms. The van der Waals surface area contributed by atoms with Crippen molar-refractivity contribution in [2.24, 2.45) is 0 Å². The van der Waals surface area contributed by atoms with Gasteiger partial charge >= 0.3 is 0 Å². The third-order valence-corrected chi connectivity index (χ3v) is 5.11. The molecule has 106 valence electrons. The molecule has 0 aromatic heterocycles. The molecular formula is C13H19NO4S. The number of rotatable bonds is 4. The van der Waals surface area contributed by atoms with E-state index in [0.29, 0.717) is 0 Å². The van der Waals surface area contributed by atoms with Gasteiger partial charge in [-0.1, -0.05) is 18.2 Å². The maximum atomic E-state index is 11.5. The Hall–Kier alpha value is -1.11. The second kappa shape index (κ2) is 5.48. The van der Waals surface area contributed by atoms with Crippen LogP contribution in [0.1, 0.15) is 18.5 Å². The van der Waals surface area contributed by atoms with Crippen molar-refractivity contribution < 1.29 is 18.3 Å². The molecule has 1 aliphatic heterocycles. The minimum absolute atomic E-state index is 0.0202. The van der Waals surface area contributed by atoms with Gasteiger partial charge in [-0.15, -0.1) is 0 Å². The molecule has 1 aromatic carbocycles. The molecule has 2 unspecified atom stereocenters. The van der Waals surface area contributed by atoms with E-state index in [9.17, 15) is 13.5 Å². The van der Waals surface area contributed by atoms with E-state index in [2.05, 4.69) is 5.32 Å². The molecule has 0 radical (unpaired) electrons. The highest BCUT2D eigenvalue weighted by molar-refractivity contribution is 7.91. The van der Waals surface area contributed by atoms with Gasteiger partial charge in [-0.3, -0.25) is 0 Å². The summed E-state index contributed by atoms with van der Waals surface area (Å²) >= 11 is 0. The molecule has 19 heavy (non-hydrogen) atoms. The van der Waals surface area contributed by atoms with Crippen molar-refractivity contribution in [3.63, 3.8) is 0 Å². The van der Waals surface area contributed by atoms with Gasteiger partial charge in [0.25, 0.3) is 0 Å². The molecule has 3 atom stereocenters. The Morgan fingerprint density at radius 2 is 2.05 bits per heavy atom. The predicted octanol–water partition coefficient (Wildman–Crippen LogP) is 0.504. The zero-order chi connectivity index (χ0) is 14.0. The number of aliphatic hydroxyl groups is 1. The van der Waals surface area contributed by atoms with Gasteiger partial charge in [-0.2, -0.15) is 0 Å². The molecule has 0 saturated carbocycles. The summed E-state index contributed by atoms with van der Waals surface area (Å²) in [5, 5.41) is 12.9. The highest BCUT2D eigenvalue weighted by Gasteiger charge is 2.37. The average Bonchev–Trinajstić information content (AvgIpc) is 2.62. The van der Waals surface area contributed by atoms with E-state index >= 15 is 0 Å². The Balaban J connectivity index is 2.11. The fourth-order valence-electron chi connectivity index (χ4n) is 2.42. The van der Waals surface area contributed by atoms with E-state index in [1.807, 2.05) is 31.2 Å². The topological polar surface area (TPSA) is 75.6 Å². The average molecular weight is 285 g/mol. The number of aliphatic hydroxyl groups excluding tert-OH is 1. The van der Waals surface area contributed by atoms with Crippen LogP contribution in [0.5, 0.6) is 5.75 Å². The van der Waals surface area contributed by atoms with Crippen LogP contribution in [0.2, 0.25) is 0 Å². The second-order valence-corrected chi connectivity index (χ2v) is 7.03. The van der Waals surface area contributed by atoms with Crippen LogP contribution in [0.4, 0.5) is 0 Å². The van der Waals surface area contributed by atoms with E-state index in [4.69, 9.17) is 4.74 Å². The summed E-state index contributed by atoms with van der Waals surface area (Å²) in [6.45, 7) is 1.93. The first-order valence-electron chi connectivity index (χ1n) is 6.20. The van der Waals surface area contributed by atoms with Crippen LogP contribution in [0.25, 0.3) is 0 Å². The van der Waals surface area contributed by atoms with Crippen molar-refractivity contribution in [2.75, 3.05) is 18.6 Å². The normalized spacial score (nSPS) is 27.1. The Kier molecular flexibility index (Phi) is 4.13. The van der Waals surface area contributed by atoms with Gasteiger partial charge in [0.05, 0.1) is 24.7 Å². The zero-order valence-corrected chi connectivity index (χ0v) is 11.9. The summed E-state index contributed by atoms with van der Waals surface area (Å²) in [4.78, 5) is 0. The molecule has 0 amide bonds. The second-order valence-electron chi connectivity index (χ2n) is 4.88. The molecule has 0 spiro atoms. The minimum atomic E-state index is -3.13. The molecular weight excluding hydrogens is 266 g/mol. The summed E-state index contributed by atoms with van der Waals surface area (Å²) in [5.74, 6) is 0.564. The lowest BCUT2D eigenvalue weighted by atomic mass is 10.1. The first-order chi connectivity index (χ1) is 8.93. The number of benzene rings is 1. The number of methoxy groups -OCH3 is 1. The minimum Gasteiger partial charge on any atom is -0.496 e. The van der Waals surface area contributed by atoms with Gasteiger partial charge in [-0.05, 0) is 13.0 Å². The Morgan fingerprint density at radius 3 is 2.63 bits per heavy atom. The molecule has 2 rings (SSSR count). The van der Waals surface area contributed by atoms with Crippen LogP contribution in [-0.2, 0) is 9.84 Å². The van der Waals surface area contributed by atoms with Gasteiger partial charge < -0.3 is 15.2 Å². The van der Waals surface area contributed by atoms with Crippen LogP contribution in [0, 0.1) is 0 Å². The fraction of sp³-hybridized carbons (Fsp3) is 0.538. The number of para-hydroxylation sites is 1. The molecule has 1 aliphatic rings. The standard InChI is InChI=1S/C13H19NO4S/c1-9(10-5-3-4-6-13(10)18-2)14-11-7-19(16,17)8-12(11)15/h3-6,9,11-12,14-15H,7-8H2,1-2H3/t9-,11?,12?/m0/s1. The van der Waals surface area contributed by atoms with E-state index in [0.717, 1.165) is 11.3 Å². The Labute approximate surface area is 113 Å². The van der Waals surface area contributed by atoms with E-state index in [1.54, 1.807) is 7.11 Å². The molecule has 6 heteroatoms.